The Labute approximate surface area is 109 Å². The second-order valence-corrected chi connectivity index (χ2v) is 5.02. The van der Waals surface area contributed by atoms with Crippen LogP contribution >= 0.6 is 11.8 Å². The second-order valence-electron chi connectivity index (χ2n) is 3.92. The van der Waals surface area contributed by atoms with Crippen LogP contribution in [0.3, 0.4) is 0 Å². The summed E-state index contributed by atoms with van der Waals surface area (Å²) >= 11 is 1.59. The first-order valence-corrected chi connectivity index (χ1v) is 6.49. The van der Waals surface area contributed by atoms with Crippen LogP contribution in [0.5, 0.6) is 0 Å². The molecule has 0 fully saturated rings. The van der Waals surface area contributed by atoms with Crippen molar-refractivity contribution in [1.29, 1.82) is 0 Å². The van der Waals surface area contributed by atoms with Crippen LogP contribution in [-0.2, 0) is 13.5 Å². The molecule has 0 saturated carbocycles. The Kier molecular flexibility index (Phi) is 4.27. The maximum atomic E-state index is 12.7. The fourth-order valence-electron chi connectivity index (χ4n) is 1.43. The van der Waals surface area contributed by atoms with Gasteiger partial charge in [-0.2, -0.15) is 4.80 Å². The molecule has 0 radical (unpaired) electrons. The molecule has 1 atom stereocenters. The third-order valence-electron chi connectivity index (χ3n) is 2.27. The van der Waals surface area contributed by atoms with E-state index in [2.05, 4.69) is 15.4 Å². The summed E-state index contributed by atoms with van der Waals surface area (Å²) in [7, 11) is 1.72. The van der Waals surface area contributed by atoms with Gasteiger partial charge in [-0.3, -0.25) is 0 Å². The van der Waals surface area contributed by atoms with Crippen molar-refractivity contribution in [2.75, 3.05) is 5.75 Å². The summed E-state index contributed by atoms with van der Waals surface area (Å²) in [5, 5.41) is 11.7. The predicted molar refractivity (Wildman–Crippen MR) is 67.6 cm³/mol. The van der Waals surface area contributed by atoms with Gasteiger partial charge in [-0.1, -0.05) is 0 Å². The van der Waals surface area contributed by atoms with E-state index in [1.165, 1.54) is 16.9 Å². The summed E-state index contributed by atoms with van der Waals surface area (Å²) in [5.74, 6) is 1.14. The Bertz CT molecular complexity index is 498. The molecule has 0 aliphatic rings. The van der Waals surface area contributed by atoms with Crippen molar-refractivity contribution in [2.45, 2.75) is 17.4 Å². The van der Waals surface area contributed by atoms with E-state index in [0.717, 1.165) is 10.6 Å². The highest BCUT2D eigenvalue weighted by Gasteiger charge is 2.09. The zero-order chi connectivity index (χ0) is 13.0. The van der Waals surface area contributed by atoms with Crippen molar-refractivity contribution in [3.05, 3.63) is 35.9 Å². The van der Waals surface area contributed by atoms with Crippen LogP contribution in [0.2, 0.25) is 0 Å². The Morgan fingerprint density at radius 3 is 2.72 bits per heavy atom. The van der Waals surface area contributed by atoms with Crippen LogP contribution in [0.4, 0.5) is 4.39 Å². The number of tetrazole rings is 1. The van der Waals surface area contributed by atoms with E-state index >= 15 is 0 Å². The molecule has 1 heterocycles. The molecule has 1 aromatic carbocycles. The number of benzene rings is 1. The first kappa shape index (κ1) is 13.0. The maximum absolute atomic E-state index is 12.7. The molecule has 7 heteroatoms. The van der Waals surface area contributed by atoms with Gasteiger partial charge in [0, 0.05) is 23.1 Å². The Hall–Kier alpha value is -1.47. The smallest absolute Gasteiger partial charge is 0.176 e. The van der Waals surface area contributed by atoms with E-state index in [9.17, 15) is 4.39 Å². The molecule has 5 nitrogen and oxygen atoms in total. The van der Waals surface area contributed by atoms with Gasteiger partial charge in [-0.05, 0) is 29.5 Å². The Morgan fingerprint density at radius 2 is 2.11 bits per heavy atom. The lowest BCUT2D eigenvalue weighted by Crippen LogP contribution is -2.26. The second kappa shape index (κ2) is 5.92. The molecule has 1 unspecified atom stereocenters. The third-order valence-corrected chi connectivity index (χ3v) is 3.47. The molecule has 1 aromatic heterocycles. The van der Waals surface area contributed by atoms with Crippen molar-refractivity contribution in [1.82, 2.24) is 20.2 Å². The van der Waals surface area contributed by atoms with Gasteiger partial charge in [0.1, 0.15) is 5.82 Å². The minimum Gasteiger partial charge on any atom is -0.327 e. The number of thioether (sulfide) groups is 1. The molecule has 2 aromatic rings. The van der Waals surface area contributed by atoms with Crippen molar-refractivity contribution >= 4 is 11.8 Å². The van der Waals surface area contributed by atoms with Crippen LogP contribution in [0.15, 0.2) is 29.2 Å². The minimum atomic E-state index is -0.229. The van der Waals surface area contributed by atoms with E-state index in [1.807, 2.05) is 0 Å². The van der Waals surface area contributed by atoms with Gasteiger partial charge in [0.25, 0.3) is 0 Å². The summed E-state index contributed by atoms with van der Waals surface area (Å²) in [6.07, 6.45) is 0.585. The van der Waals surface area contributed by atoms with E-state index < -0.39 is 0 Å². The number of hydrogen-bond donors (Lipinski definition) is 1. The van der Waals surface area contributed by atoms with E-state index in [-0.39, 0.29) is 11.9 Å². The van der Waals surface area contributed by atoms with E-state index in [4.69, 9.17) is 5.73 Å². The minimum absolute atomic E-state index is 0.0516. The monoisotopic (exact) mass is 267 g/mol. The zero-order valence-electron chi connectivity index (χ0n) is 9.95. The van der Waals surface area contributed by atoms with Crippen molar-refractivity contribution < 1.29 is 4.39 Å². The molecule has 2 rings (SSSR count). The molecule has 0 amide bonds. The molecule has 0 aliphatic carbocycles. The highest BCUT2D eigenvalue weighted by molar-refractivity contribution is 7.99. The molecular formula is C11H14FN5S. The van der Waals surface area contributed by atoms with Crippen LogP contribution in [0, 0.1) is 5.82 Å². The molecular weight excluding hydrogens is 253 g/mol. The summed E-state index contributed by atoms with van der Waals surface area (Å²) in [6, 6.07) is 6.32. The number of halogens is 1. The molecule has 96 valence electrons. The highest BCUT2D eigenvalue weighted by atomic mass is 32.2. The van der Waals surface area contributed by atoms with Crippen molar-refractivity contribution in [2.24, 2.45) is 12.8 Å². The fraction of sp³-hybridized carbons (Fsp3) is 0.364. The summed E-state index contributed by atoms with van der Waals surface area (Å²) in [4.78, 5) is 2.41. The third kappa shape index (κ3) is 3.78. The Balaban J connectivity index is 1.81. The average Bonchev–Trinajstić information content (AvgIpc) is 2.74. The lowest BCUT2D eigenvalue weighted by atomic mass is 10.2. The van der Waals surface area contributed by atoms with Gasteiger partial charge in [-0.15, -0.1) is 22.0 Å². The molecule has 0 spiro atoms. The number of nitrogens with zero attached hydrogens (tertiary/aromatic N) is 4. The Morgan fingerprint density at radius 1 is 1.39 bits per heavy atom. The SMILES string of the molecule is Cn1nnc(CC(N)CSc2ccc(F)cc2)n1. The number of hydrogen-bond acceptors (Lipinski definition) is 5. The molecule has 18 heavy (non-hydrogen) atoms. The van der Waals surface area contributed by atoms with E-state index in [1.54, 1.807) is 30.9 Å². The number of rotatable bonds is 5. The quantitative estimate of drug-likeness (QED) is 0.819. The van der Waals surface area contributed by atoms with Crippen LogP contribution in [0.1, 0.15) is 5.82 Å². The van der Waals surface area contributed by atoms with Gasteiger partial charge in [-0.25, -0.2) is 4.39 Å². The summed E-state index contributed by atoms with van der Waals surface area (Å²) < 4.78 is 12.7. The first-order valence-electron chi connectivity index (χ1n) is 5.50. The number of aryl methyl sites for hydroxylation is 1. The number of aromatic nitrogens is 4. The topological polar surface area (TPSA) is 69.6 Å². The van der Waals surface area contributed by atoms with E-state index in [0.29, 0.717) is 12.2 Å². The van der Waals surface area contributed by atoms with Gasteiger partial charge >= 0.3 is 0 Å². The van der Waals surface area contributed by atoms with Gasteiger partial charge in [0.05, 0.1) is 7.05 Å². The average molecular weight is 267 g/mol. The number of nitrogens with two attached hydrogens (primary N) is 1. The van der Waals surface area contributed by atoms with Crippen molar-refractivity contribution in [3.8, 4) is 0 Å². The van der Waals surface area contributed by atoms with Gasteiger partial charge in [0.15, 0.2) is 5.82 Å². The first-order chi connectivity index (χ1) is 8.63. The summed E-state index contributed by atoms with van der Waals surface area (Å²) in [6.45, 7) is 0. The molecule has 0 aliphatic heterocycles. The summed E-state index contributed by atoms with van der Waals surface area (Å²) in [5.41, 5.74) is 5.98. The highest BCUT2D eigenvalue weighted by Crippen LogP contribution is 2.19. The van der Waals surface area contributed by atoms with Gasteiger partial charge < -0.3 is 5.73 Å². The lowest BCUT2D eigenvalue weighted by molar-refractivity contribution is 0.624. The molecule has 2 N–H and O–H groups in total. The largest absolute Gasteiger partial charge is 0.327 e. The predicted octanol–water partition coefficient (Wildman–Crippen LogP) is 1.01. The zero-order valence-corrected chi connectivity index (χ0v) is 10.8. The standard InChI is InChI=1S/C11H14FN5S/c1-17-15-11(14-16-17)6-9(13)7-18-10-4-2-8(12)3-5-10/h2-5,9H,6-7,13H2,1H3. The fourth-order valence-corrected chi connectivity index (χ4v) is 2.29. The van der Waals surface area contributed by atoms with Crippen LogP contribution in [0.25, 0.3) is 0 Å². The van der Waals surface area contributed by atoms with Crippen molar-refractivity contribution in [3.63, 3.8) is 0 Å². The van der Waals surface area contributed by atoms with Crippen LogP contribution < -0.4 is 5.73 Å². The molecule has 0 saturated heterocycles. The maximum Gasteiger partial charge on any atom is 0.176 e. The van der Waals surface area contributed by atoms with Gasteiger partial charge in [0.2, 0.25) is 0 Å². The lowest BCUT2D eigenvalue weighted by Gasteiger charge is -2.08. The molecule has 0 bridgehead atoms. The van der Waals surface area contributed by atoms with Crippen LogP contribution in [-0.4, -0.2) is 32.0 Å². The normalized spacial score (nSPS) is 12.6.